The van der Waals surface area contributed by atoms with Gasteiger partial charge in [-0.25, -0.2) is 5.14 Å². The number of rotatable bonds is 2. The molecule has 1 fully saturated rings. The van der Waals surface area contributed by atoms with Gasteiger partial charge < -0.3 is 9.88 Å². The summed E-state index contributed by atoms with van der Waals surface area (Å²) in [6.07, 6.45) is 1.82. The minimum Gasteiger partial charge on any atom is -0.361 e. The van der Waals surface area contributed by atoms with Crippen molar-refractivity contribution in [3.05, 3.63) is 36.0 Å². The molecule has 0 unspecified atom stereocenters. The van der Waals surface area contributed by atoms with Gasteiger partial charge in [0.15, 0.2) is 0 Å². The van der Waals surface area contributed by atoms with E-state index >= 15 is 0 Å². The number of amides is 1. The number of hydrogen-bond donors (Lipinski definition) is 2. The van der Waals surface area contributed by atoms with Crippen LogP contribution in [0, 0.1) is 0 Å². The summed E-state index contributed by atoms with van der Waals surface area (Å²) in [5.41, 5.74) is 1.58. The molecule has 1 amide bonds. The number of nitrogens with two attached hydrogens (primary N) is 1. The van der Waals surface area contributed by atoms with Crippen molar-refractivity contribution < 1.29 is 13.2 Å². The molecule has 1 aromatic carbocycles. The molecular formula is C13H16N4O3S. The molecule has 3 N–H and O–H groups in total. The molecule has 2 heterocycles. The minimum absolute atomic E-state index is 0.0906. The average molecular weight is 308 g/mol. The molecule has 3 rings (SSSR count). The van der Waals surface area contributed by atoms with Gasteiger partial charge in [0.05, 0.1) is 0 Å². The van der Waals surface area contributed by atoms with Crippen LogP contribution in [0.4, 0.5) is 0 Å². The van der Waals surface area contributed by atoms with Crippen molar-refractivity contribution in [1.29, 1.82) is 0 Å². The monoisotopic (exact) mass is 308 g/mol. The van der Waals surface area contributed by atoms with E-state index in [-0.39, 0.29) is 19.0 Å². The predicted octanol–water partition coefficient (Wildman–Crippen LogP) is 0.129. The standard InChI is InChI=1S/C13H16N4O3S/c14-21(19,20)17-7-5-16(6-8-17)13(18)11-1-2-12-10(9-11)3-4-15-12/h1-4,9,15H,5-8H2,(H2,14,19,20). The molecule has 0 atom stereocenters. The van der Waals surface area contributed by atoms with Crippen LogP contribution in [-0.2, 0) is 10.2 Å². The Kier molecular flexibility index (Phi) is 3.44. The van der Waals surface area contributed by atoms with Crippen molar-refractivity contribution in [2.24, 2.45) is 5.14 Å². The highest BCUT2D eigenvalue weighted by atomic mass is 32.2. The number of fused-ring (bicyclic) bond motifs is 1. The Labute approximate surface area is 122 Å². The van der Waals surface area contributed by atoms with Crippen LogP contribution in [0.5, 0.6) is 0 Å². The number of nitrogens with one attached hydrogen (secondary N) is 1. The first-order valence-corrected chi connectivity index (χ1v) is 8.10. The normalized spacial score (nSPS) is 17.3. The number of nitrogens with zero attached hydrogens (tertiary/aromatic N) is 2. The van der Waals surface area contributed by atoms with Gasteiger partial charge in [-0.1, -0.05) is 0 Å². The van der Waals surface area contributed by atoms with E-state index in [2.05, 4.69) is 4.98 Å². The number of aromatic amines is 1. The molecule has 21 heavy (non-hydrogen) atoms. The number of aromatic nitrogens is 1. The third-order valence-electron chi connectivity index (χ3n) is 3.69. The van der Waals surface area contributed by atoms with Gasteiger partial charge in [-0.2, -0.15) is 12.7 Å². The minimum atomic E-state index is -3.67. The summed E-state index contributed by atoms with van der Waals surface area (Å²) >= 11 is 0. The number of benzene rings is 1. The molecule has 8 heteroatoms. The Morgan fingerprint density at radius 1 is 1.14 bits per heavy atom. The Morgan fingerprint density at radius 2 is 1.86 bits per heavy atom. The Morgan fingerprint density at radius 3 is 2.52 bits per heavy atom. The van der Waals surface area contributed by atoms with E-state index in [0.717, 1.165) is 10.9 Å². The maximum Gasteiger partial charge on any atom is 0.277 e. The highest BCUT2D eigenvalue weighted by Gasteiger charge is 2.27. The van der Waals surface area contributed by atoms with Crippen molar-refractivity contribution in [3.8, 4) is 0 Å². The van der Waals surface area contributed by atoms with Crippen LogP contribution in [-0.4, -0.2) is 54.7 Å². The Balaban J connectivity index is 1.74. The predicted molar refractivity (Wildman–Crippen MR) is 78.9 cm³/mol. The lowest BCUT2D eigenvalue weighted by molar-refractivity contribution is 0.0698. The second-order valence-corrected chi connectivity index (χ2v) is 6.56. The first-order valence-electron chi connectivity index (χ1n) is 6.59. The van der Waals surface area contributed by atoms with Gasteiger partial charge in [0, 0.05) is 48.8 Å². The molecule has 2 aromatic rings. The van der Waals surface area contributed by atoms with E-state index in [1.165, 1.54) is 4.31 Å². The smallest absolute Gasteiger partial charge is 0.277 e. The van der Waals surface area contributed by atoms with E-state index in [0.29, 0.717) is 18.7 Å². The van der Waals surface area contributed by atoms with Gasteiger partial charge >= 0.3 is 0 Å². The van der Waals surface area contributed by atoms with Crippen LogP contribution in [0.1, 0.15) is 10.4 Å². The van der Waals surface area contributed by atoms with Crippen LogP contribution in [0.25, 0.3) is 10.9 Å². The average Bonchev–Trinajstić information content (AvgIpc) is 2.93. The SMILES string of the molecule is NS(=O)(=O)N1CCN(C(=O)c2ccc3[nH]ccc3c2)CC1. The summed E-state index contributed by atoms with van der Waals surface area (Å²) in [5.74, 6) is -0.0906. The summed E-state index contributed by atoms with van der Waals surface area (Å²) < 4.78 is 23.7. The molecule has 1 aromatic heterocycles. The first kappa shape index (κ1) is 14.1. The van der Waals surface area contributed by atoms with E-state index in [1.54, 1.807) is 11.0 Å². The van der Waals surface area contributed by atoms with Crippen molar-refractivity contribution in [3.63, 3.8) is 0 Å². The van der Waals surface area contributed by atoms with Crippen molar-refractivity contribution in [1.82, 2.24) is 14.2 Å². The van der Waals surface area contributed by atoms with Gasteiger partial charge in [0.2, 0.25) is 0 Å². The first-order chi connectivity index (χ1) is 9.95. The van der Waals surface area contributed by atoms with Gasteiger partial charge in [-0.05, 0) is 24.3 Å². The van der Waals surface area contributed by atoms with E-state index < -0.39 is 10.2 Å². The second kappa shape index (κ2) is 5.14. The Bertz CT molecular complexity index is 776. The number of carbonyl (C=O) groups excluding carboxylic acids is 1. The molecule has 0 bridgehead atoms. The maximum absolute atomic E-state index is 12.4. The summed E-state index contributed by atoms with van der Waals surface area (Å²) in [5, 5.41) is 6.06. The molecule has 1 saturated heterocycles. The fourth-order valence-corrected chi connectivity index (χ4v) is 3.19. The number of carbonyl (C=O) groups is 1. The van der Waals surface area contributed by atoms with Crippen LogP contribution in [0.2, 0.25) is 0 Å². The maximum atomic E-state index is 12.4. The van der Waals surface area contributed by atoms with Crippen LogP contribution >= 0.6 is 0 Å². The van der Waals surface area contributed by atoms with Crippen molar-refractivity contribution >= 4 is 27.0 Å². The van der Waals surface area contributed by atoms with Crippen LogP contribution < -0.4 is 5.14 Å². The molecule has 1 aliphatic heterocycles. The summed E-state index contributed by atoms with van der Waals surface area (Å²) in [4.78, 5) is 17.2. The van der Waals surface area contributed by atoms with Gasteiger partial charge in [0.1, 0.15) is 0 Å². The number of H-pyrrole nitrogens is 1. The van der Waals surface area contributed by atoms with E-state index in [4.69, 9.17) is 5.14 Å². The number of hydrogen-bond acceptors (Lipinski definition) is 3. The van der Waals surface area contributed by atoms with Gasteiger partial charge in [-0.15, -0.1) is 0 Å². The molecule has 1 aliphatic rings. The Hall–Kier alpha value is -1.90. The largest absolute Gasteiger partial charge is 0.361 e. The van der Waals surface area contributed by atoms with Crippen molar-refractivity contribution in [2.75, 3.05) is 26.2 Å². The number of piperazine rings is 1. The fraction of sp³-hybridized carbons (Fsp3) is 0.308. The fourth-order valence-electron chi connectivity index (χ4n) is 2.51. The zero-order valence-corrected chi connectivity index (χ0v) is 12.1. The highest BCUT2D eigenvalue weighted by molar-refractivity contribution is 7.86. The molecule has 112 valence electrons. The topological polar surface area (TPSA) is 99.5 Å². The van der Waals surface area contributed by atoms with Crippen LogP contribution in [0.15, 0.2) is 30.5 Å². The van der Waals surface area contributed by atoms with Gasteiger partial charge in [0.25, 0.3) is 16.1 Å². The molecule has 0 spiro atoms. The molecule has 0 radical (unpaired) electrons. The lowest BCUT2D eigenvalue weighted by Gasteiger charge is -2.33. The third kappa shape index (κ3) is 2.78. The lowest BCUT2D eigenvalue weighted by Crippen LogP contribution is -2.52. The van der Waals surface area contributed by atoms with Crippen molar-refractivity contribution in [2.45, 2.75) is 0 Å². The molecule has 7 nitrogen and oxygen atoms in total. The summed E-state index contributed by atoms with van der Waals surface area (Å²) in [6.45, 7) is 1.16. The summed E-state index contributed by atoms with van der Waals surface area (Å²) in [6, 6.07) is 7.38. The third-order valence-corrected chi connectivity index (χ3v) is 4.77. The quantitative estimate of drug-likeness (QED) is 0.824. The highest BCUT2D eigenvalue weighted by Crippen LogP contribution is 2.16. The van der Waals surface area contributed by atoms with Crippen LogP contribution in [0.3, 0.4) is 0 Å². The second-order valence-electron chi connectivity index (χ2n) is 5.02. The zero-order valence-electron chi connectivity index (χ0n) is 11.3. The van der Waals surface area contributed by atoms with E-state index in [1.807, 2.05) is 24.4 Å². The summed E-state index contributed by atoms with van der Waals surface area (Å²) in [7, 11) is -3.67. The molecular weight excluding hydrogens is 292 g/mol. The molecule has 0 saturated carbocycles. The van der Waals surface area contributed by atoms with Gasteiger partial charge in [-0.3, -0.25) is 4.79 Å². The molecule has 0 aliphatic carbocycles. The zero-order chi connectivity index (χ0) is 15.0. The van der Waals surface area contributed by atoms with E-state index in [9.17, 15) is 13.2 Å². The lowest BCUT2D eigenvalue weighted by atomic mass is 10.1.